The molecule has 0 bridgehead atoms. The Bertz CT molecular complexity index is 865. The average molecular weight is 493 g/mol. The van der Waals surface area contributed by atoms with Gasteiger partial charge in [-0.25, -0.2) is 4.79 Å². The predicted molar refractivity (Wildman–Crippen MR) is 130 cm³/mol. The van der Waals surface area contributed by atoms with Crippen LogP contribution < -0.4 is 11.5 Å². The molecule has 4 fully saturated rings. The Hall–Kier alpha value is -1.83. The molecule has 4 rings (SSSR count). The molecular formula is C27H44N2O6. The van der Waals surface area contributed by atoms with Crippen LogP contribution in [0.15, 0.2) is 0 Å². The topological polar surface area (TPSA) is 142 Å². The van der Waals surface area contributed by atoms with E-state index in [-0.39, 0.29) is 29.3 Å². The Morgan fingerprint density at radius 1 is 1.06 bits per heavy atom. The van der Waals surface area contributed by atoms with Gasteiger partial charge in [-0.2, -0.15) is 0 Å². The number of carboxylic acids is 1. The maximum atomic E-state index is 12.6. The molecule has 0 radical (unpaired) electrons. The lowest BCUT2D eigenvalue weighted by Crippen LogP contribution is -2.72. The van der Waals surface area contributed by atoms with Crippen molar-refractivity contribution >= 4 is 18.0 Å². The van der Waals surface area contributed by atoms with Gasteiger partial charge >= 0.3 is 18.0 Å². The van der Waals surface area contributed by atoms with E-state index in [4.69, 9.17) is 20.9 Å². The Balaban J connectivity index is 1.76. The van der Waals surface area contributed by atoms with Crippen molar-refractivity contribution in [2.24, 2.45) is 51.9 Å². The van der Waals surface area contributed by atoms with Crippen LogP contribution in [0.3, 0.4) is 0 Å². The van der Waals surface area contributed by atoms with E-state index in [9.17, 15) is 19.5 Å². The number of hydrogen-bond acceptors (Lipinski definition) is 6. The van der Waals surface area contributed by atoms with Crippen LogP contribution in [0.25, 0.3) is 0 Å². The number of carbonyl (C=O) groups is 3. The first-order chi connectivity index (χ1) is 16.4. The number of amides is 1. The normalized spacial score (nSPS) is 44.2. The van der Waals surface area contributed by atoms with E-state index in [1.807, 2.05) is 13.8 Å². The maximum absolute atomic E-state index is 12.6. The molecular weight excluding hydrogens is 448 g/mol. The van der Waals surface area contributed by atoms with Crippen LogP contribution in [0.1, 0.15) is 91.9 Å². The zero-order chi connectivity index (χ0) is 25.8. The molecule has 198 valence electrons. The van der Waals surface area contributed by atoms with Crippen LogP contribution in [0.5, 0.6) is 0 Å². The molecule has 0 aromatic rings. The third-order valence-corrected chi connectivity index (χ3v) is 11.0. The summed E-state index contributed by atoms with van der Waals surface area (Å²) >= 11 is 0. The number of rotatable bonds is 6. The summed E-state index contributed by atoms with van der Waals surface area (Å²) in [5.74, 6) is -0.825. The highest BCUT2D eigenvalue weighted by Crippen LogP contribution is 2.70. The van der Waals surface area contributed by atoms with Crippen LogP contribution in [0.4, 0.5) is 4.79 Å². The highest BCUT2D eigenvalue weighted by Gasteiger charge is 2.72. The second-order valence-electron chi connectivity index (χ2n) is 12.3. The molecule has 5 N–H and O–H groups in total. The van der Waals surface area contributed by atoms with E-state index >= 15 is 0 Å². The number of carboxylic acid groups (broad SMARTS) is 1. The maximum Gasteiger partial charge on any atom is 0.404 e. The van der Waals surface area contributed by atoms with Crippen molar-refractivity contribution in [3.63, 3.8) is 0 Å². The number of ether oxygens (including phenoxy) is 2. The quantitative estimate of drug-likeness (QED) is 0.471. The minimum atomic E-state index is -0.864. The van der Waals surface area contributed by atoms with Gasteiger partial charge in [0, 0.05) is 17.9 Å². The zero-order valence-electron chi connectivity index (χ0n) is 21.8. The van der Waals surface area contributed by atoms with Gasteiger partial charge < -0.3 is 26.0 Å². The smallest absolute Gasteiger partial charge is 0.404 e. The molecule has 0 heterocycles. The van der Waals surface area contributed by atoms with Crippen LogP contribution >= 0.6 is 0 Å². The largest absolute Gasteiger partial charge is 0.481 e. The number of fused-ring (bicyclic) bond motifs is 5. The minimum absolute atomic E-state index is 0.0163. The third kappa shape index (κ3) is 3.94. The molecule has 4 aliphatic rings. The van der Waals surface area contributed by atoms with Crippen molar-refractivity contribution in [1.29, 1.82) is 0 Å². The average Bonchev–Trinajstić information content (AvgIpc) is 3.10. The lowest BCUT2D eigenvalue weighted by molar-refractivity contribution is -0.191. The molecule has 0 spiro atoms. The van der Waals surface area contributed by atoms with Gasteiger partial charge in [0.1, 0.15) is 12.2 Å². The van der Waals surface area contributed by atoms with Crippen LogP contribution in [0.2, 0.25) is 0 Å². The molecule has 0 aliphatic heterocycles. The zero-order valence-corrected chi connectivity index (χ0v) is 21.8. The summed E-state index contributed by atoms with van der Waals surface area (Å²) in [4.78, 5) is 36.4. The standard InChI is InChI=1S/C27H44N2O6/c1-5-15(2)22(35-24(28)33)26-12-10-19-20(27(26,29)13-11-21(26)23(31)32)9-7-17-6-8-18(34-16(3)30)14-25(17,19)4/h15,17-22H,5-14,29H2,1-4H3,(H2,28,33)(H,31,32)/t15?,17?,18?,19-,20+,21?,22?,25-,26+,27+/m0/s1. The van der Waals surface area contributed by atoms with Crippen LogP contribution in [-0.2, 0) is 19.1 Å². The number of aliphatic carboxylic acids is 1. The van der Waals surface area contributed by atoms with E-state index in [1.54, 1.807) is 0 Å². The molecule has 0 saturated heterocycles. The van der Waals surface area contributed by atoms with Gasteiger partial charge in [-0.15, -0.1) is 0 Å². The second-order valence-corrected chi connectivity index (χ2v) is 12.3. The van der Waals surface area contributed by atoms with Gasteiger partial charge in [0.15, 0.2) is 0 Å². The molecule has 8 nitrogen and oxygen atoms in total. The fraction of sp³-hybridized carbons (Fsp3) is 0.889. The first-order valence-corrected chi connectivity index (χ1v) is 13.6. The summed E-state index contributed by atoms with van der Waals surface area (Å²) in [7, 11) is 0. The van der Waals surface area contributed by atoms with Crippen LogP contribution in [-0.4, -0.2) is 40.9 Å². The van der Waals surface area contributed by atoms with E-state index in [1.165, 1.54) is 6.92 Å². The molecule has 0 aromatic carbocycles. The van der Waals surface area contributed by atoms with E-state index in [2.05, 4.69) is 6.92 Å². The van der Waals surface area contributed by atoms with Gasteiger partial charge in [-0.3, -0.25) is 9.59 Å². The monoisotopic (exact) mass is 492 g/mol. The fourth-order valence-corrected chi connectivity index (χ4v) is 9.48. The van der Waals surface area contributed by atoms with Crippen molar-refractivity contribution in [3.8, 4) is 0 Å². The molecule has 4 saturated carbocycles. The Kier molecular flexibility index (Phi) is 6.92. The molecule has 4 aliphatic carbocycles. The van der Waals surface area contributed by atoms with E-state index in [0.29, 0.717) is 31.1 Å². The predicted octanol–water partition coefficient (Wildman–Crippen LogP) is 4.23. The Morgan fingerprint density at radius 2 is 1.74 bits per heavy atom. The number of hydrogen-bond donors (Lipinski definition) is 3. The van der Waals surface area contributed by atoms with Crippen molar-refractivity contribution in [3.05, 3.63) is 0 Å². The first-order valence-electron chi connectivity index (χ1n) is 13.6. The second kappa shape index (κ2) is 9.24. The van der Waals surface area contributed by atoms with E-state index < -0.39 is 35.0 Å². The van der Waals surface area contributed by atoms with Crippen molar-refractivity contribution in [2.75, 3.05) is 0 Å². The SMILES string of the molecule is CCC(C)C(OC(N)=O)[C@]12CC[C@H]3[C@@H](CCC4CCC(OC(C)=O)C[C@@]43C)[C@]1(N)CCC2C(=O)O. The fourth-order valence-electron chi connectivity index (χ4n) is 9.48. The number of carbonyl (C=O) groups excluding carboxylic acids is 2. The van der Waals surface area contributed by atoms with Crippen molar-refractivity contribution in [2.45, 2.75) is 110 Å². The van der Waals surface area contributed by atoms with Gasteiger partial charge in [-0.05, 0) is 86.9 Å². The first kappa shape index (κ1) is 26.2. The van der Waals surface area contributed by atoms with Gasteiger partial charge in [0.25, 0.3) is 0 Å². The van der Waals surface area contributed by atoms with Gasteiger partial charge in [-0.1, -0.05) is 27.2 Å². The summed E-state index contributed by atoms with van der Waals surface area (Å²) in [5, 5.41) is 10.3. The highest BCUT2D eigenvalue weighted by atomic mass is 16.6. The third-order valence-electron chi connectivity index (χ3n) is 11.0. The van der Waals surface area contributed by atoms with Crippen LogP contribution in [0, 0.1) is 40.4 Å². The summed E-state index contributed by atoms with van der Waals surface area (Å²) in [5.41, 5.74) is 11.4. The number of esters is 1. The van der Waals surface area contributed by atoms with Gasteiger partial charge in [0.2, 0.25) is 0 Å². The highest BCUT2D eigenvalue weighted by molar-refractivity contribution is 5.73. The summed E-state index contributed by atoms with van der Waals surface area (Å²) in [6.07, 6.45) is 6.46. The summed E-state index contributed by atoms with van der Waals surface area (Å²) < 4.78 is 11.5. The molecule has 1 amide bonds. The van der Waals surface area contributed by atoms with Gasteiger partial charge in [0.05, 0.1) is 5.92 Å². The Labute approximate surface area is 208 Å². The van der Waals surface area contributed by atoms with E-state index in [0.717, 1.165) is 44.9 Å². The molecule has 0 aromatic heterocycles. The Morgan fingerprint density at radius 3 is 2.34 bits per heavy atom. The minimum Gasteiger partial charge on any atom is -0.481 e. The molecule has 8 heteroatoms. The number of primary amides is 1. The molecule has 5 unspecified atom stereocenters. The summed E-state index contributed by atoms with van der Waals surface area (Å²) in [6.45, 7) is 7.85. The number of nitrogens with two attached hydrogens (primary N) is 2. The lowest BCUT2D eigenvalue weighted by Gasteiger charge is -2.66. The molecule has 10 atom stereocenters. The van der Waals surface area contributed by atoms with Crippen molar-refractivity contribution < 1.29 is 29.0 Å². The molecule has 35 heavy (non-hydrogen) atoms. The lowest BCUT2D eigenvalue weighted by atomic mass is 9.41. The van der Waals surface area contributed by atoms with Crippen molar-refractivity contribution in [1.82, 2.24) is 0 Å². The summed E-state index contributed by atoms with van der Waals surface area (Å²) in [6, 6.07) is 0.